The molecule has 5 heteroatoms. The van der Waals surface area contributed by atoms with E-state index in [4.69, 9.17) is 5.73 Å². The van der Waals surface area contributed by atoms with Gasteiger partial charge in [-0.15, -0.1) is 0 Å². The first-order valence-corrected chi connectivity index (χ1v) is 7.38. The van der Waals surface area contributed by atoms with Gasteiger partial charge in [-0.1, -0.05) is 24.3 Å². The van der Waals surface area contributed by atoms with Crippen molar-refractivity contribution in [3.63, 3.8) is 0 Å². The van der Waals surface area contributed by atoms with E-state index in [1.54, 1.807) is 25.1 Å². The van der Waals surface area contributed by atoms with Crippen molar-refractivity contribution >= 4 is 15.5 Å². The first-order chi connectivity index (χ1) is 8.92. The lowest BCUT2D eigenvalue weighted by atomic mass is 10.1. The third kappa shape index (κ3) is 2.76. The Hall–Kier alpha value is -1.88. The van der Waals surface area contributed by atoms with Crippen molar-refractivity contribution in [1.29, 1.82) is 0 Å². The molecule has 2 rings (SSSR count). The van der Waals surface area contributed by atoms with Crippen LogP contribution in [0.4, 0.5) is 10.1 Å². The number of rotatable bonds is 3. The molecule has 0 aliphatic heterocycles. The van der Waals surface area contributed by atoms with Gasteiger partial charge in [0.1, 0.15) is 10.7 Å². The van der Waals surface area contributed by atoms with Crippen molar-refractivity contribution in [2.75, 3.05) is 5.73 Å². The SMILES string of the molecule is Cc1c(N)cccc1CS(=O)(=O)c1ccccc1F. The Morgan fingerprint density at radius 1 is 1.11 bits per heavy atom. The highest BCUT2D eigenvalue weighted by atomic mass is 32.2. The largest absolute Gasteiger partial charge is 0.399 e. The van der Waals surface area contributed by atoms with Crippen LogP contribution in [0.1, 0.15) is 11.1 Å². The van der Waals surface area contributed by atoms with Crippen LogP contribution in [0.15, 0.2) is 47.4 Å². The van der Waals surface area contributed by atoms with Gasteiger partial charge in [0.2, 0.25) is 0 Å². The predicted molar refractivity (Wildman–Crippen MR) is 72.9 cm³/mol. The molecule has 0 heterocycles. The zero-order valence-electron chi connectivity index (χ0n) is 10.4. The van der Waals surface area contributed by atoms with Crippen LogP contribution in [0.2, 0.25) is 0 Å². The Balaban J connectivity index is 2.43. The number of nitrogen functional groups attached to an aromatic ring is 1. The molecule has 100 valence electrons. The van der Waals surface area contributed by atoms with Crippen LogP contribution in [0, 0.1) is 12.7 Å². The standard InChI is InChI=1S/C14H14FNO2S/c1-10-11(5-4-7-13(10)16)9-19(17,18)14-8-3-2-6-12(14)15/h2-8H,9,16H2,1H3. The number of hydrogen-bond acceptors (Lipinski definition) is 3. The van der Waals surface area contributed by atoms with Gasteiger partial charge < -0.3 is 5.73 Å². The van der Waals surface area contributed by atoms with E-state index < -0.39 is 15.7 Å². The molecule has 0 aliphatic carbocycles. The van der Waals surface area contributed by atoms with Crippen molar-refractivity contribution in [2.45, 2.75) is 17.6 Å². The van der Waals surface area contributed by atoms with E-state index in [0.717, 1.165) is 6.07 Å². The molecule has 0 saturated heterocycles. The highest BCUT2D eigenvalue weighted by molar-refractivity contribution is 7.90. The van der Waals surface area contributed by atoms with Crippen LogP contribution in [-0.2, 0) is 15.6 Å². The summed E-state index contributed by atoms with van der Waals surface area (Å²) in [4.78, 5) is -0.281. The van der Waals surface area contributed by atoms with Crippen molar-refractivity contribution in [1.82, 2.24) is 0 Å². The molecule has 0 unspecified atom stereocenters. The predicted octanol–water partition coefficient (Wildman–Crippen LogP) is 2.69. The minimum absolute atomic E-state index is 0.259. The number of sulfone groups is 1. The molecule has 0 bridgehead atoms. The summed E-state index contributed by atoms with van der Waals surface area (Å²) in [6.45, 7) is 1.75. The van der Waals surface area contributed by atoms with Gasteiger partial charge in [0.15, 0.2) is 9.84 Å². The molecule has 0 amide bonds. The minimum Gasteiger partial charge on any atom is -0.399 e. The minimum atomic E-state index is -3.71. The zero-order valence-corrected chi connectivity index (χ0v) is 11.2. The van der Waals surface area contributed by atoms with Crippen molar-refractivity contribution in [2.24, 2.45) is 0 Å². The van der Waals surface area contributed by atoms with E-state index in [2.05, 4.69) is 0 Å². The van der Waals surface area contributed by atoms with Crippen LogP contribution in [0.5, 0.6) is 0 Å². The van der Waals surface area contributed by atoms with Crippen LogP contribution in [0.3, 0.4) is 0 Å². The van der Waals surface area contributed by atoms with Crippen LogP contribution in [-0.4, -0.2) is 8.42 Å². The second kappa shape index (κ2) is 5.01. The summed E-state index contributed by atoms with van der Waals surface area (Å²) in [5, 5.41) is 0. The molecule has 2 aromatic rings. The third-order valence-electron chi connectivity index (χ3n) is 3.01. The maximum atomic E-state index is 13.6. The molecule has 0 fully saturated rings. The van der Waals surface area contributed by atoms with Gasteiger partial charge in [-0.25, -0.2) is 12.8 Å². The van der Waals surface area contributed by atoms with E-state index in [-0.39, 0.29) is 10.6 Å². The Morgan fingerprint density at radius 2 is 1.79 bits per heavy atom. The van der Waals surface area contributed by atoms with Gasteiger partial charge in [-0.3, -0.25) is 0 Å². The number of benzene rings is 2. The Bertz CT molecular complexity index is 711. The van der Waals surface area contributed by atoms with E-state index in [0.29, 0.717) is 16.8 Å². The molecule has 0 atom stereocenters. The first kappa shape index (κ1) is 13.5. The molecular weight excluding hydrogens is 265 g/mol. The average molecular weight is 279 g/mol. The number of anilines is 1. The van der Waals surface area contributed by atoms with Gasteiger partial charge in [-0.05, 0) is 36.2 Å². The molecule has 2 N–H and O–H groups in total. The topological polar surface area (TPSA) is 60.2 Å². The van der Waals surface area contributed by atoms with E-state index >= 15 is 0 Å². The maximum Gasteiger partial charge on any atom is 0.185 e. The molecule has 19 heavy (non-hydrogen) atoms. The first-order valence-electron chi connectivity index (χ1n) is 5.73. The molecule has 0 spiro atoms. The van der Waals surface area contributed by atoms with E-state index in [1.165, 1.54) is 18.2 Å². The van der Waals surface area contributed by atoms with Gasteiger partial charge >= 0.3 is 0 Å². The molecule has 2 aromatic carbocycles. The molecular formula is C14H14FNO2S. The maximum absolute atomic E-state index is 13.6. The second-order valence-electron chi connectivity index (χ2n) is 4.32. The quantitative estimate of drug-likeness (QED) is 0.879. The smallest absolute Gasteiger partial charge is 0.185 e. The van der Waals surface area contributed by atoms with Crippen molar-refractivity contribution in [3.8, 4) is 0 Å². The van der Waals surface area contributed by atoms with E-state index in [9.17, 15) is 12.8 Å². The van der Waals surface area contributed by atoms with Gasteiger partial charge in [0, 0.05) is 5.69 Å². The number of halogens is 1. The van der Waals surface area contributed by atoms with Crippen molar-refractivity contribution in [3.05, 3.63) is 59.4 Å². The van der Waals surface area contributed by atoms with Gasteiger partial charge in [0.25, 0.3) is 0 Å². The van der Waals surface area contributed by atoms with Crippen LogP contribution >= 0.6 is 0 Å². The Morgan fingerprint density at radius 3 is 2.47 bits per heavy atom. The fraction of sp³-hybridized carbons (Fsp3) is 0.143. The van der Waals surface area contributed by atoms with Crippen LogP contribution < -0.4 is 5.73 Å². The van der Waals surface area contributed by atoms with Gasteiger partial charge in [-0.2, -0.15) is 0 Å². The van der Waals surface area contributed by atoms with Gasteiger partial charge in [0.05, 0.1) is 5.75 Å². The van der Waals surface area contributed by atoms with Crippen LogP contribution in [0.25, 0.3) is 0 Å². The lowest BCUT2D eigenvalue weighted by Gasteiger charge is -2.09. The number of hydrogen-bond donors (Lipinski definition) is 1. The second-order valence-corrected chi connectivity index (χ2v) is 6.28. The molecule has 0 aromatic heterocycles. The normalized spacial score (nSPS) is 11.5. The molecule has 0 aliphatic rings. The fourth-order valence-electron chi connectivity index (χ4n) is 1.84. The summed E-state index contributed by atoms with van der Waals surface area (Å²) in [7, 11) is -3.71. The monoisotopic (exact) mass is 279 g/mol. The fourth-order valence-corrected chi connectivity index (χ4v) is 3.37. The third-order valence-corrected chi connectivity index (χ3v) is 4.70. The summed E-state index contributed by atoms with van der Waals surface area (Å²) in [5.74, 6) is -0.991. The summed E-state index contributed by atoms with van der Waals surface area (Å²) in [6.07, 6.45) is 0. The van der Waals surface area contributed by atoms with E-state index in [1.807, 2.05) is 0 Å². The summed E-state index contributed by atoms with van der Waals surface area (Å²) in [6, 6.07) is 10.4. The summed E-state index contributed by atoms with van der Waals surface area (Å²) >= 11 is 0. The lowest BCUT2D eigenvalue weighted by molar-refractivity contribution is 0.566. The lowest BCUT2D eigenvalue weighted by Crippen LogP contribution is -2.08. The highest BCUT2D eigenvalue weighted by Gasteiger charge is 2.20. The Labute approximate surface area is 111 Å². The zero-order chi connectivity index (χ0) is 14.0. The number of nitrogens with two attached hydrogens (primary N) is 1. The summed E-state index contributed by atoms with van der Waals surface area (Å²) in [5.41, 5.74) is 7.57. The molecule has 3 nitrogen and oxygen atoms in total. The molecule has 0 saturated carbocycles. The molecule has 0 radical (unpaired) electrons. The Kier molecular flexibility index (Phi) is 3.57. The summed E-state index contributed by atoms with van der Waals surface area (Å²) < 4.78 is 38.0. The average Bonchev–Trinajstić information content (AvgIpc) is 2.35. The highest BCUT2D eigenvalue weighted by Crippen LogP contribution is 2.23. The van der Waals surface area contributed by atoms with Crippen molar-refractivity contribution < 1.29 is 12.8 Å².